The van der Waals surface area contributed by atoms with Crippen LogP contribution in [0.5, 0.6) is 5.75 Å². The lowest BCUT2D eigenvalue weighted by Gasteiger charge is -2.18. The minimum absolute atomic E-state index is 0.00484. The van der Waals surface area contributed by atoms with E-state index >= 15 is 0 Å². The van der Waals surface area contributed by atoms with Crippen LogP contribution in [0.25, 0.3) is 21.7 Å². The molecule has 0 unspecified atom stereocenters. The van der Waals surface area contributed by atoms with Gasteiger partial charge >= 0.3 is 6.18 Å². The largest absolute Gasteiger partial charge is 0.496 e. The lowest BCUT2D eigenvalue weighted by atomic mass is 9.95. The summed E-state index contributed by atoms with van der Waals surface area (Å²) >= 11 is 3.39. The van der Waals surface area contributed by atoms with E-state index in [-0.39, 0.29) is 25.3 Å². The van der Waals surface area contributed by atoms with E-state index in [2.05, 4.69) is 21.2 Å². The Morgan fingerprint density at radius 1 is 1.09 bits per heavy atom. The Morgan fingerprint density at radius 2 is 1.82 bits per heavy atom. The van der Waals surface area contributed by atoms with Gasteiger partial charge in [-0.3, -0.25) is 0 Å². The van der Waals surface area contributed by atoms with Gasteiger partial charge in [-0.05, 0) is 47.4 Å². The number of methoxy groups -OCH3 is 1. The first-order valence-electron chi connectivity index (χ1n) is 10.4. The second-order valence-corrected chi connectivity index (χ2v) is 8.34. The highest BCUT2D eigenvalue weighted by Gasteiger charge is 2.35. The summed E-state index contributed by atoms with van der Waals surface area (Å²) in [7, 11) is 1.42. The van der Waals surface area contributed by atoms with E-state index in [9.17, 15) is 13.2 Å². The zero-order valence-electron chi connectivity index (χ0n) is 18.3. The number of aliphatic hydroxyl groups is 1. The molecule has 3 aromatic rings. The van der Waals surface area contributed by atoms with Gasteiger partial charge in [-0.1, -0.05) is 64.5 Å². The smallest absolute Gasteiger partial charge is 0.417 e. The number of ether oxygens (including phenoxy) is 1. The van der Waals surface area contributed by atoms with Crippen LogP contribution in [0.2, 0.25) is 0 Å². The average Bonchev–Trinajstić information content (AvgIpc) is 2.80. The Hall–Kier alpha value is -2.61. The van der Waals surface area contributed by atoms with Gasteiger partial charge in [0.25, 0.3) is 0 Å². The number of alkyl halides is 3. The standard InChI is InChI=1S/C26H25BrF3NO2/c1-17-19(9-6-10-21(17)18-7-4-3-5-8-18)14-24(27)22-15-25(33-2)20(16-31-11-12-32)13-23(22)26(28,29)30/h3-10,13-15,31-32H,11-12,16H2,1-2H3/b24-14-. The topological polar surface area (TPSA) is 41.5 Å². The zero-order valence-corrected chi connectivity index (χ0v) is 19.9. The van der Waals surface area contributed by atoms with Crippen molar-refractivity contribution in [1.82, 2.24) is 5.32 Å². The molecule has 0 bridgehead atoms. The molecular formula is C26H25BrF3NO2. The Balaban J connectivity index is 2.08. The molecular weight excluding hydrogens is 495 g/mol. The van der Waals surface area contributed by atoms with Crippen LogP contribution in [0.15, 0.2) is 60.7 Å². The highest BCUT2D eigenvalue weighted by atomic mass is 79.9. The van der Waals surface area contributed by atoms with Crippen LogP contribution in [0.1, 0.15) is 27.8 Å². The highest BCUT2D eigenvalue weighted by molar-refractivity contribution is 9.15. The molecule has 0 aromatic heterocycles. The fraction of sp³-hybridized carbons (Fsp3) is 0.231. The zero-order chi connectivity index (χ0) is 24.0. The van der Waals surface area contributed by atoms with Gasteiger partial charge in [0.05, 0.1) is 19.3 Å². The Morgan fingerprint density at radius 3 is 2.45 bits per heavy atom. The van der Waals surface area contributed by atoms with E-state index in [0.29, 0.717) is 15.8 Å². The molecule has 174 valence electrons. The predicted octanol–water partition coefficient (Wildman–Crippen LogP) is 6.66. The lowest BCUT2D eigenvalue weighted by Crippen LogP contribution is -2.19. The van der Waals surface area contributed by atoms with Gasteiger partial charge in [-0.15, -0.1) is 0 Å². The van der Waals surface area contributed by atoms with Gasteiger partial charge in [0, 0.05) is 28.7 Å². The van der Waals surface area contributed by atoms with Crippen molar-refractivity contribution in [3.05, 3.63) is 88.5 Å². The van der Waals surface area contributed by atoms with Crippen LogP contribution < -0.4 is 10.1 Å². The second kappa shape index (κ2) is 11.0. The molecule has 33 heavy (non-hydrogen) atoms. The first-order chi connectivity index (χ1) is 15.8. The predicted molar refractivity (Wildman–Crippen MR) is 130 cm³/mol. The highest BCUT2D eigenvalue weighted by Crippen LogP contribution is 2.41. The minimum Gasteiger partial charge on any atom is -0.496 e. The molecule has 0 amide bonds. The van der Waals surface area contributed by atoms with Gasteiger partial charge in [-0.2, -0.15) is 13.2 Å². The third kappa shape index (κ3) is 6.05. The van der Waals surface area contributed by atoms with Crippen molar-refractivity contribution >= 4 is 26.5 Å². The van der Waals surface area contributed by atoms with Gasteiger partial charge in [0.1, 0.15) is 5.75 Å². The second-order valence-electron chi connectivity index (χ2n) is 7.49. The van der Waals surface area contributed by atoms with Gasteiger partial charge in [-0.25, -0.2) is 0 Å². The van der Waals surface area contributed by atoms with Crippen molar-refractivity contribution in [2.24, 2.45) is 0 Å². The van der Waals surface area contributed by atoms with Crippen molar-refractivity contribution in [1.29, 1.82) is 0 Å². The van der Waals surface area contributed by atoms with Crippen LogP contribution in [0.4, 0.5) is 13.2 Å². The van der Waals surface area contributed by atoms with Crippen LogP contribution in [0.3, 0.4) is 0 Å². The van der Waals surface area contributed by atoms with E-state index in [1.807, 2.05) is 55.5 Å². The molecule has 0 aliphatic heterocycles. The van der Waals surface area contributed by atoms with Crippen molar-refractivity contribution in [2.75, 3.05) is 20.3 Å². The molecule has 0 atom stereocenters. The van der Waals surface area contributed by atoms with E-state index in [1.54, 1.807) is 6.08 Å². The molecule has 0 radical (unpaired) electrons. The number of rotatable bonds is 8. The van der Waals surface area contributed by atoms with Crippen molar-refractivity contribution < 1.29 is 23.0 Å². The minimum atomic E-state index is -4.55. The third-order valence-electron chi connectivity index (χ3n) is 5.33. The first kappa shape index (κ1) is 25.0. The van der Waals surface area contributed by atoms with Gasteiger partial charge in [0.15, 0.2) is 0 Å². The van der Waals surface area contributed by atoms with E-state index < -0.39 is 11.7 Å². The summed E-state index contributed by atoms with van der Waals surface area (Å²) in [6.45, 7) is 2.26. The molecule has 7 heteroatoms. The summed E-state index contributed by atoms with van der Waals surface area (Å²) in [6.07, 6.45) is -2.85. The molecule has 0 aliphatic carbocycles. The van der Waals surface area contributed by atoms with E-state index in [4.69, 9.17) is 9.84 Å². The fourth-order valence-electron chi connectivity index (χ4n) is 3.64. The number of benzene rings is 3. The first-order valence-corrected chi connectivity index (χ1v) is 11.2. The summed E-state index contributed by atoms with van der Waals surface area (Å²) in [5, 5.41) is 11.8. The van der Waals surface area contributed by atoms with Gasteiger partial charge < -0.3 is 15.2 Å². The molecule has 0 saturated heterocycles. The fourth-order valence-corrected chi connectivity index (χ4v) is 4.22. The van der Waals surface area contributed by atoms with Crippen LogP contribution >= 0.6 is 15.9 Å². The number of aliphatic hydroxyl groups excluding tert-OH is 1. The van der Waals surface area contributed by atoms with Crippen molar-refractivity contribution in [2.45, 2.75) is 19.6 Å². The molecule has 0 spiro atoms. The van der Waals surface area contributed by atoms with Gasteiger partial charge in [0.2, 0.25) is 0 Å². The quantitative estimate of drug-likeness (QED) is 0.258. The monoisotopic (exact) mass is 519 g/mol. The molecule has 3 rings (SSSR count). The number of hydrogen-bond donors (Lipinski definition) is 2. The molecule has 0 heterocycles. The summed E-state index contributed by atoms with van der Waals surface area (Å²) in [6, 6.07) is 18.1. The average molecular weight is 520 g/mol. The number of nitrogens with one attached hydrogen (secondary N) is 1. The van der Waals surface area contributed by atoms with Crippen molar-refractivity contribution in [3.63, 3.8) is 0 Å². The van der Waals surface area contributed by atoms with Crippen LogP contribution in [-0.2, 0) is 12.7 Å². The maximum atomic E-state index is 14.0. The molecule has 3 aromatic carbocycles. The molecule has 0 saturated carbocycles. The maximum Gasteiger partial charge on any atom is 0.417 e. The summed E-state index contributed by atoms with van der Waals surface area (Å²) in [5.74, 6) is 0.337. The van der Waals surface area contributed by atoms with Crippen LogP contribution in [0, 0.1) is 6.92 Å². The maximum absolute atomic E-state index is 14.0. The van der Waals surface area contributed by atoms with Crippen LogP contribution in [-0.4, -0.2) is 25.4 Å². The summed E-state index contributed by atoms with van der Waals surface area (Å²) in [4.78, 5) is 0. The number of halogens is 4. The normalized spacial score (nSPS) is 12.2. The Kier molecular flexibility index (Phi) is 8.35. The van der Waals surface area contributed by atoms with Crippen molar-refractivity contribution in [3.8, 4) is 16.9 Å². The third-order valence-corrected chi connectivity index (χ3v) is 5.99. The Labute approximate surface area is 200 Å². The summed E-state index contributed by atoms with van der Waals surface area (Å²) < 4.78 is 47.6. The molecule has 0 aliphatic rings. The number of hydrogen-bond acceptors (Lipinski definition) is 3. The summed E-state index contributed by atoms with van der Waals surface area (Å²) in [5.41, 5.74) is 3.43. The Bertz CT molecular complexity index is 1130. The molecule has 2 N–H and O–H groups in total. The molecule has 3 nitrogen and oxygen atoms in total. The molecule has 0 fully saturated rings. The lowest BCUT2D eigenvalue weighted by molar-refractivity contribution is -0.137. The van der Waals surface area contributed by atoms with E-state index in [1.165, 1.54) is 13.2 Å². The van der Waals surface area contributed by atoms with E-state index in [0.717, 1.165) is 28.3 Å². The SMILES string of the molecule is COc1cc(/C(Br)=C/c2cccc(-c3ccccc3)c2C)c(C(F)(F)F)cc1CNCCO.